The first-order valence-electron chi connectivity index (χ1n) is 3.16. The fourth-order valence-electron chi connectivity index (χ4n) is 0.368. The van der Waals surface area contributed by atoms with Gasteiger partial charge in [-0.3, -0.25) is 0 Å². The molecule has 1 rings (SSSR count). The Morgan fingerprint density at radius 2 is 1.36 bits per heavy atom. The Morgan fingerprint density at radius 1 is 1.00 bits per heavy atom. The van der Waals surface area contributed by atoms with Crippen molar-refractivity contribution in [3.63, 3.8) is 0 Å². The molecular formula is C9H8O4Re-2. The van der Waals surface area contributed by atoms with E-state index in [2.05, 4.69) is 7.11 Å². The Hall–Kier alpha value is -1.29. The minimum atomic E-state index is -2.97. The molecule has 5 heteroatoms. The van der Waals surface area contributed by atoms with E-state index in [-0.39, 0.29) is 0 Å². The second-order valence-corrected chi connectivity index (χ2v) is 5.18. The summed E-state index contributed by atoms with van der Waals surface area (Å²) >= 11 is -2.97. The van der Waals surface area contributed by atoms with Crippen molar-refractivity contribution in [2.45, 2.75) is 0 Å². The van der Waals surface area contributed by atoms with E-state index < -0.39 is 15.4 Å². The summed E-state index contributed by atoms with van der Waals surface area (Å²) in [5.74, 6) is 0. The minimum Gasteiger partial charge on any atom is -0.569 e. The molecule has 0 amide bonds. The molecular weight excluding hydrogens is 358 g/mol. The van der Waals surface area contributed by atoms with Crippen molar-refractivity contribution in [1.82, 2.24) is 0 Å². The molecule has 0 atom stereocenters. The maximum atomic E-state index is 9.40. The first-order valence-corrected chi connectivity index (χ1v) is 7.24. The molecule has 0 saturated carbocycles. The van der Waals surface area contributed by atoms with E-state index in [1.807, 2.05) is 30.3 Å². The van der Waals surface area contributed by atoms with Gasteiger partial charge in [0.25, 0.3) is 0 Å². The summed E-state index contributed by atoms with van der Waals surface area (Å²) in [4.78, 5) is 28.2. The minimum absolute atomic E-state index is 1.29. The van der Waals surface area contributed by atoms with Gasteiger partial charge in [0.05, 0.1) is 0 Å². The van der Waals surface area contributed by atoms with E-state index in [9.17, 15) is 14.4 Å². The number of hydrogen-bond acceptors (Lipinski definition) is 4. The monoisotopic (exact) mass is 367 g/mol. The number of rotatable bonds is 0. The SMILES string of the molecule is O=[C]=[Re](=[C]=O)=[C]=O.[CH2-]O.c1cc[cH-]c1. The van der Waals surface area contributed by atoms with Crippen LogP contribution in [0.3, 0.4) is 0 Å². The van der Waals surface area contributed by atoms with E-state index in [1.165, 1.54) is 13.1 Å². The zero-order valence-corrected chi connectivity index (χ0v) is 9.86. The summed E-state index contributed by atoms with van der Waals surface area (Å²) in [5, 5.41) is 6.75. The van der Waals surface area contributed by atoms with Crippen LogP contribution < -0.4 is 0 Å². The van der Waals surface area contributed by atoms with Gasteiger partial charge in [-0.05, 0) is 0 Å². The van der Waals surface area contributed by atoms with Crippen molar-refractivity contribution >= 4 is 13.1 Å². The second kappa shape index (κ2) is 14.2. The Kier molecular flexibility index (Phi) is 15.5. The third kappa shape index (κ3) is 10.7. The summed E-state index contributed by atoms with van der Waals surface area (Å²) in [7, 11) is 2.25. The Morgan fingerprint density at radius 3 is 1.43 bits per heavy atom. The maximum Gasteiger partial charge on any atom is -0.172 e. The van der Waals surface area contributed by atoms with Crippen LogP contribution in [-0.4, -0.2) is 18.2 Å². The molecule has 4 nitrogen and oxygen atoms in total. The van der Waals surface area contributed by atoms with Gasteiger partial charge in [-0.15, -0.1) is 0 Å². The smallest absolute Gasteiger partial charge is 0.172 e. The van der Waals surface area contributed by atoms with E-state index in [1.54, 1.807) is 0 Å². The van der Waals surface area contributed by atoms with Crippen molar-refractivity contribution in [3.05, 3.63) is 37.4 Å². The maximum absolute atomic E-state index is 9.40. The van der Waals surface area contributed by atoms with Crippen LogP contribution in [0, 0.1) is 7.11 Å². The van der Waals surface area contributed by atoms with E-state index in [0.717, 1.165) is 0 Å². The molecule has 0 saturated heterocycles. The van der Waals surface area contributed by atoms with E-state index in [4.69, 9.17) is 5.11 Å². The van der Waals surface area contributed by atoms with Gasteiger partial charge < -0.3 is 5.11 Å². The molecule has 0 fully saturated rings. The van der Waals surface area contributed by atoms with Gasteiger partial charge in [0.1, 0.15) is 0 Å². The number of aliphatic hydroxyl groups excluding tert-OH is 1. The Balaban J connectivity index is 0. The Bertz CT molecular complexity index is 349. The fourth-order valence-corrected chi connectivity index (χ4v) is 0.707. The Labute approximate surface area is 85.6 Å². The summed E-state index contributed by atoms with van der Waals surface area (Å²) in [6, 6.07) is 10.0. The van der Waals surface area contributed by atoms with Crippen LogP contribution in [0.2, 0.25) is 0 Å². The third-order valence-corrected chi connectivity index (χ3v) is 2.45. The zero-order valence-electron chi connectivity index (χ0n) is 7.14. The fraction of sp³-hybridized carbons (Fsp3) is 0. The average molecular weight is 366 g/mol. The van der Waals surface area contributed by atoms with Gasteiger partial charge in [-0.1, -0.05) is 0 Å². The standard InChI is InChI=1S/C5H5.CH3O.3CO.Re/c1-2-4-5-3-1;4*1-2;/h1-5H;2H,1H2;;;;/q2*-1;;;;. The summed E-state index contributed by atoms with van der Waals surface area (Å²) in [5.41, 5.74) is 0. The number of aliphatic hydroxyl groups is 1. The first-order chi connectivity index (χ1) is 6.85. The summed E-state index contributed by atoms with van der Waals surface area (Å²) in [6.07, 6.45) is 0. The molecule has 1 N–H and O–H groups in total. The van der Waals surface area contributed by atoms with Gasteiger partial charge >= 0.3 is 42.8 Å². The van der Waals surface area contributed by atoms with Gasteiger partial charge in [0.15, 0.2) is 0 Å². The molecule has 0 aliphatic rings. The predicted octanol–water partition coefficient (Wildman–Crippen LogP) is 0.362. The molecule has 0 bridgehead atoms. The largest absolute Gasteiger partial charge is 0.569 e. The van der Waals surface area contributed by atoms with Gasteiger partial charge in [-0.2, -0.15) is 18.2 Å². The quantitative estimate of drug-likeness (QED) is 0.673. The molecule has 14 heavy (non-hydrogen) atoms. The van der Waals surface area contributed by atoms with Crippen LogP contribution in [0.15, 0.2) is 30.3 Å². The van der Waals surface area contributed by atoms with Crippen molar-refractivity contribution in [1.29, 1.82) is 0 Å². The van der Waals surface area contributed by atoms with Crippen molar-refractivity contribution < 1.29 is 34.9 Å². The summed E-state index contributed by atoms with van der Waals surface area (Å²) in [6.45, 7) is 0. The molecule has 0 aliphatic heterocycles. The predicted molar refractivity (Wildman–Crippen MR) is 46.4 cm³/mol. The molecule has 1 aromatic carbocycles. The molecule has 0 unspecified atom stereocenters. The normalized spacial score (nSPS) is 5.86. The molecule has 0 aliphatic carbocycles. The number of hydrogen-bond donors (Lipinski definition) is 1. The molecule has 0 spiro atoms. The van der Waals surface area contributed by atoms with E-state index in [0.29, 0.717) is 0 Å². The van der Waals surface area contributed by atoms with Crippen molar-refractivity contribution in [2.75, 3.05) is 0 Å². The number of carbonyl (C=O) groups excluding carboxylic acids is 3. The van der Waals surface area contributed by atoms with Crippen LogP contribution in [0.1, 0.15) is 0 Å². The van der Waals surface area contributed by atoms with Gasteiger partial charge in [0.2, 0.25) is 0 Å². The first kappa shape index (κ1) is 15.2. The van der Waals surface area contributed by atoms with Crippen LogP contribution in [-0.2, 0) is 29.8 Å². The second-order valence-electron chi connectivity index (χ2n) is 1.48. The summed E-state index contributed by atoms with van der Waals surface area (Å²) < 4.78 is 3.87. The third-order valence-electron chi connectivity index (χ3n) is 0.787. The molecule has 1 aromatic rings. The topological polar surface area (TPSA) is 71.4 Å². The van der Waals surface area contributed by atoms with Gasteiger partial charge in [0, 0.05) is 0 Å². The molecule has 0 radical (unpaired) electrons. The zero-order chi connectivity index (χ0) is 11.2. The van der Waals surface area contributed by atoms with Crippen molar-refractivity contribution in [2.24, 2.45) is 0 Å². The van der Waals surface area contributed by atoms with E-state index >= 15 is 0 Å². The van der Waals surface area contributed by atoms with Crippen LogP contribution in [0.4, 0.5) is 0 Å². The molecule has 0 aromatic heterocycles. The van der Waals surface area contributed by atoms with Gasteiger partial charge in [-0.25, -0.2) is 19.2 Å². The average Bonchev–Trinajstić information content (AvgIpc) is 2.82. The van der Waals surface area contributed by atoms with Crippen molar-refractivity contribution in [3.8, 4) is 0 Å². The molecule has 77 valence electrons. The van der Waals surface area contributed by atoms with Crippen LogP contribution in [0.25, 0.3) is 0 Å². The van der Waals surface area contributed by atoms with Crippen LogP contribution >= 0.6 is 0 Å². The molecule has 0 heterocycles. The van der Waals surface area contributed by atoms with Crippen LogP contribution in [0.5, 0.6) is 0 Å².